The molecule has 0 aliphatic heterocycles. The average Bonchev–Trinajstić information content (AvgIpc) is 1.99. The van der Waals surface area contributed by atoms with Gasteiger partial charge in [-0.05, 0) is 26.0 Å². The number of halogens is 3. The van der Waals surface area contributed by atoms with Gasteiger partial charge < -0.3 is 5.32 Å². The van der Waals surface area contributed by atoms with Gasteiger partial charge in [-0.15, -0.1) is 0 Å². The van der Waals surface area contributed by atoms with Gasteiger partial charge >= 0.3 is 6.18 Å². The fourth-order valence-electron chi connectivity index (χ4n) is 1.27. The lowest BCUT2D eigenvalue weighted by molar-refractivity contribution is -0.136. The molecule has 0 radical (unpaired) electrons. The fourth-order valence-corrected chi connectivity index (χ4v) is 1.27. The Kier molecular flexibility index (Phi) is 3.55. The van der Waals surface area contributed by atoms with Crippen LogP contribution in [0.1, 0.15) is 19.0 Å². The Labute approximate surface area is 86.5 Å². The van der Waals surface area contributed by atoms with E-state index in [1.54, 1.807) is 25.1 Å². The molecule has 0 aliphatic rings. The Balaban J connectivity index is 2.55. The van der Waals surface area contributed by atoms with E-state index in [1.165, 1.54) is 6.92 Å². The second kappa shape index (κ2) is 4.51. The van der Waals surface area contributed by atoms with E-state index in [1.807, 2.05) is 0 Å². The molecule has 1 N–H and O–H groups in total. The van der Waals surface area contributed by atoms with Crippen molar-refractivity contribution in [3.8, 4) is 0 Å². The lowest BCUT2D eigenvalue weighted by atomic mass is 10.2. The summed E-state index contributed by atoms with van der Waals surface area (Å²) >= 11 is 0. The van der Waals surface area contributed by atoms with Gasteiger partial charge in [0.05, 0.1) is 6.42 Å². The number of rotatable bonds is 3. The molecule has 0 amide bonds. The Morgan fingerprint density at radius 3 is 2.60 bits per heavy atom. The number of aromatic nitrogens is 1. The van der Waals surface area contributed by atoms with Crippen molar-refractivity contribution in [1.29, 1.82) is 0 Å². The molecule has 1 heterocycles. The minimum Gasteiger partial charge on any atom is -0.367 e. The van der Waals surface area contributed by atoms with Crippen molar-refractivity contribution in [2.24, 2.45) is 0 Å². The minimum atomic E-state index is -4.14. The normalized spacial score (nSPS) is 13.7. The SMILES string of the molecule is Cc1cccc(NC(C)CC(F)(F)F)n1. The smallest absolute Gasteiger partial charge is 0.367 e. The van der Waals surface area contributed by atoms with E-state index in [0.29, 0.717) is 5.82 Å². The molecule has 1 unspecified atom stereocenters. The highest BCUT2D eigenvalue weighted by Crippen LogP contribution is 2.22. The van der Waals surface area contributed by atoms with Gasteiger partial charge in [-0.2, -0.15) is 13.2 Å². The maximum absolute atomic E-state index is 12.0. The zero-order chi connectivity index (χ0) is 11.5. The third-order valence-corrected chi connectivity index (χ3v) is 1.82. The number of nitrogens with one attached hydrogen (secondary N) is 1. The molecule has 0 bridgehead atoms. The van der Waals surface area contributed by atoms with E-state index in [4.69, 9.17) is 0 Å². The lowest BCUT2D eigenvalue weighted by Gasteiger charge is -2.16. The number of nitrogens with zero attached hydrogens (tertiary/aromatic N) is 1. The van der Waals surface area contributed by atoms with Crippen LogP contribution in [-0.4, -0.2) is 17.2 Å². The lowest BCUT2D eigenvalue weighted by Crippen LogP contribution is -2.24. The quantitative estimate of drug-likeness (QED) is 0.843. The molecule has 0 saturated carbocycles. The molecule has 1 aromatic rings. The van der Waals surface area contributed by atoms with Crippen molar-refractivity contribution < 1.29 is 13.2 Å². The number of hydrogen-bond acceptors (Lipinski definition) is 2. The predicted octanol–water partition coefficient (Wildman–Crippen LogP) is 3.14. The van der Waals surface area contributed by atoms with Crippen molar-refractivity contribution in [1.82, 2.24) is 4.98 Å². The van der Waals surface area contributed by atoms with Crippen LogP contribution in [0.5, 0.6) is 0 Å². The monoisotopic (exact) mass is 218 g/mol. The van der Waals surface area contributed by atoms with Crippen LogP contribution in [-0.2, 0) is 0 Å². The molecule has 0 aliphatic carbocycles. The van der Waals surface area contributed by atoms with Crippen molar-refractivity contribution in [2.45, 2.75) is 32.5 Å². The summed E-state index contributed by atoms with van der Waals surface area (Å²) in [5.41, 5.74) is 0.777. The van der Waals surface area contributed by atoms with Crippen molar-refractivity contribution in [3.63, 3.8) is 0 Å². The van der Waals surface area contributed by atoms with Crippen molar-refractivity contribution in [3.05, 3.63) is 23.9 Å². The molecule has 5 heteroatoms. The maximum Gasteiger partial charge on any atom is 0.391 e. The van der Waals surface area contributed by atoms with E-state index >= 15 is 0 Å². The van der Waals surface area contributed by atoms with E-state index < -0.39 is 18.6 Å². The third-order valence-electron chi connectivity index (χ3n) is 1.82. The van der Waals surface area contributed by atoms with Gasteiger partial charge in [-0.25, -0.2) is 4.98 Å². The highest BCUT2D eigenvalue weighted by molar-refractivity contribution is 5.35. The number of pyridine rings is 1. The summed E-state index contributed by atoms with van der Waals surface area (Å²) < 4.78 is 36.1. The first-order valence-corrected chi connectivity index (χ1v) is 4.64. The van der Waals surface area contributed by atoms with E-state index in [0.717, 1.165) is 5.69 Å². The topological polar surface area (TPSA) is 24.9 Å². The number of alkyl halides is 3. The van der Waals surface area contributed by atoms with Gasteiger partial charge in [0.2, 0.25) is 0 Å². The average molecular weight is 218 g/mol. The fraction of sp³-hybridized carbons (Fsp3) is 0.500. The summed E-state index contributed by atoms with van der Waals surface area (Å²) in [6.07, 6.45) is -5.00. The van der Waals surface area contributed by atoms with Crippen LogP contribution < -0.4 is 5.32 Å². The molecule has 15 heavy (non-hydrogen) atoms. The molecule has 1 atom stereocenters. The zero-order valence-corrected chi connectivity index (χ0v) is 8.60. The molecule has 1 aromatic heterocycles. The van der Waals surface area contributed by atoms with E-state index in [-0.39, 0.29) is 0 Å². The highest BCUT2D eigenvalue weighted by Gasteiger charge is 2.29. The molecule has 2 nitrogen and oxygen atoms in total. The van der Waals surface area contributed by atoms with Crippen molar-refractivity contribution in [2.75, 3.05) is 5.32 Å². The van der Waals surface area contributed by atoms with Gasteiger partial charge in [0.15, 0.2) is 0 Å². The van der Waals surface area contributed by atoms with E-state index in [9.17, 15) is 13.2 Å². The minimum absolute atomic E-state index is 0.478. The highest BCUT2D eigenvalue weighted by atomic mass is 19.4. The van der Waals surface area contributed by atoms with Gasteiger partial charge in [-0.1, -0.05) is 6.07 Å². The Morgan fingerprint density at radius 1 is 1.40 bits per heavy atom. The standard InChI is InChI=1S/C10H13F3N2/c1-7-4-3-5-9(14-7)15-8(2)6-10(11,12)13/h3-5,8H,6H2,1-2H3,(H,14,15). The van der Waals surface area contributed by atoms with Crippen LogP contribution in [0.4, 0.5) is 19.0 Å². The summed E-state index contributed by atoms with van der Waals surface area (Å²) in [6.45, 7) is 3.27. The Morgan fingerprint density at radius 2 is 2.07 bits per heavy atom. The van der Waals surface area contributed by atoms with Crippen LogP contribution in [0.3, 0.4) is 0 Å². The van der Waals surface area contributed by atoms with Gasteiger partial charge in [0.25, 0.3) is 0 Å². The first-order chi connectivity index (χ1) is 6.87. The van der Waals surface area contributed by atoms with Crippen LogP contribution in [0, 0.1) is 6.92 Å². The number of aryl methyl sites for hydroxylation is 1. The van der Waals surface area contributed by atoms with Crippen LogP contribution in [0.2, 0.25) is 0 Å². The van der Waals surface area contributed by atoms with Crippen molar-refractivity contribution >= 4 is 5.82 Å². The molecule has 0 spiro atoms. The van der Waals surface area contributed by atoms with E-state index in [2.05, 4.69) is 10.3 Å². The molecule has 84 valence electrons. The second-order valence-electron chi connectivity index (χ2n) is 3.53. The van der Waals surface area contributed by atoms with Crippen LogP contribution >= 0.6 is 0 Å². The molecule has 0 fully saturated rings. The number of anilines is 1. The summed E-state index contributed by atoms with van der Waals surface area (Å²) in [5, 5.41) is 2.71. The largest absolute Gasteiger partial charge is 0.391 e. The second-order valence-corrected chi connectivity index (χ2v) is 3.53. The van der Waals surface area contributed by atoms with Gasteiger partial charge in [-0.3, -0.25) is 0 Å². The summed E-state index contributed by atoms with van der Waals surface area (Å²) in [5.74, 6) is 0.478. The van der Waals surface area contributed by atoms with Crippen LogP contribution in [0.15, 0.2) is 18.2 Å². The Hall–Kier alpha value is -1.26. The molecular formula is C10H13F3N2. The molecule has 1 rings (SSSR count). The predicted molar refractivity (Wildman–Crippen MR) is 52.7 cm³/mol. The zero-order valence-electron chi connectivity index (χ0n) is 8.60. The summed E-state index contributed by atoms with van der Waals surface area (Å²) in [4.78, 5) is 4.06. The summed E-state index contributed by atoms with van der Waals surface area (Å²) in [7, 11) is 0. The summed E-state index contributed by atoms with van der Waals surface area (Å²) in [6, 6.07) is 4.53. The van der Waals surface area contributed by atoms with Crippen LogP contribution in [0.25, 0.3) is 0 Å². The number of hydrogen-bond donors (Lipinski definition) is 1. The molecule has 0 saturated heterocycles. The Bertz CT molecular complexity index is 323. The molecular weight excluding hydrogens is 205 g/mol. The third kappa shape index (κ3) is 4.67. The maximum atomic E-state index is 12.0. The van der Waals surface area contributed by atoms with Gasteiger partial charge in [0.1, 0.15) is 5.82 Å². The van der Waals surface area contributed by atoms with Gasteiger partial charge in [0, 0.05) is 11.7 Å². The molecule has 0 aromatic carbocycles. The first kappa shape index (κ1) is 11.8. The first-order valence-electron chi connectivity index (χ1n) is 4.64.